The molecule has 4 aromatic rings. The quantitative estimate of drug-likeness (QED) is 0.521. The third kappa shape index (κ3) is 2.91. The minimum absolute atomic E-state index is 0.109. The highest BCUT2D eigenvalue weighted by molar-refractivity contribution is 7.17. The Labute approximate surface area is 164 Å². The van der Waals surface area contributed by atoms with Crippen molar-refractivity contribution in [1.82, 2.24) is 9.97 Å². The van der Waals surface area contributed by atoms with Crippen molar-refractivity contribution in [2.75, 3.05) is 6.54 Å². The summed E-state index contributed by atoms with van der Waals surface area (Å²) in [4.78, 5) is 20.0. The second-order valence-electron chi connectivity index (χ2n) is 6.82. The Morgan fingerprint density at radius 3 is 2.50 bits per heavy atom. The van der Waals surface area contributed by atoms with Gasteiger partial charge in [-0.1, -0.05) is 24.3 Å². The number of pyridine rings is 2. The summed E-state index contributed by atoms with van der Waals surface area (Å²) in [5.74, 6) is -0.983. The van der Waals surface area contributed by atoms with Crippen molar-refractivity contribution in [2.45, 2.75) is 26.2 Å². The number of alkyl halides is 2. The maximum Gasteiger partial charge on any atom is 0.266 e. The number of nitrogens with one attached hydrogen (secondary N) is 1. The molecule has 4 nitrogen and oxygen atoms in total. The van der Waals surface area contributed by atoms with Gasteiger partial charge in [0.05, 0.1) is 17.1 Å². The third-order valence-corrected chi connectivity index (χ3v) is 6.04. The molecule has 0 aliphatic rings. The number of nitrogens with two attached hydrogens (primary N) is 1. The predicted molar refractivity (Wildman–Crippen MR) is 110 cm³/mol. The zero-order valence-electron chi connectivity index (χ0n) is 15.4. The van der Waals surface area contributed by atoms with Gasteiger partial charge in [-0.2, -0.15) is 0 Å². The number of nitrogens with zero attached hydrogens (tertiary/aromatic N) is 1. The fraction of sp³-hybridized carbons (Fsp3) is 0.238. The van der Waals surface area contributed by atoms with E-state index in [1.807, 2.05) is 37.4 Å². The number of halogens is 2. The molecule has 0 radical (unpaired) electrons. The van der Waals surface area contributed by atoms with E-state index in [2.05, 4.69) is 9.97 Å². The molecule has 0 aliphatic carbocycles. The van der Waals surface area contributed by atoms with Crippen molar-refractivity contribution in [3.8, 4) is 11.1 Å². The highest BCUT2D eigenvalue weighted by Crippen LogP contribution is 2.37. The summed E-state index contributed by atoms with van der Waals surface area (Å²) in [5, 5.41) is 3.70. The monoisotopic (exact) mass is 399 g/mol. The number of aromatic amines is 1. The highest BCUT2D eigenvalue weighted by Gasteiger charge is 2.21. The molecule has 0 bridgehead atoms. The van der Waals surface area contributed by atoms with Gasteiger partial charge in [0.15, 0.2) is 0 Å². The predicted octanol–water partition coefficient (Wildman–Crippen LogP) is 4.73. The first kappa shape index (κ1) is 18.7. The number of hydrogen-bond acceptors (Lipinski definition) is 4. The Morgan fingerprint density at radius 2 is 1.86 bits per heavy atom. The average Bonchev–Trinajstić information content (AvgIpc) is 3.15. The second-order valence-corrected chi connectivity index (χ2v) is 7.74. The molecule has 0 fully saturated rings. The standard InChI is InChI=1S/C21H19F2N3OS/c1-10-16(13-5-3-12(4-6-13)15(9-24)20(22)23)17-14-7-8-28-19(14)21(27)26-18(17)11(2)25-10/h3-8,15,20H,9,24H2,1-2H3,(H,26,27)/t15-/m0/s1. The van der Waals surface area contributed by atoms with Crippen LogP contribution in [0, 0.1) is 13.8 Å². The van der Waals surface area contributed by atoms with Gasteiger partial charge in [-0.15, -0.1) is 11.3 Å². The van der Waals surface area contributed by atoms with E-state index in [1.165, 1.54) is 11.3 Å². The van der Waals surface area contributed by atoms with Crippen LogP contribution in [-0.2, 0) is 0 Å². The number of hydrogen-bond donors (Lipinski definition) is 2. The number of thiophene rings is 1. The van der Waals surface area contributed by atoms with Crippen molar-refractivity contribution in [1.29, 1.82) is 0 Å². The van der Waals surface area contributed by atoms with Gasteiger partial charge in [0.1, 0.15) is 4.70 Å². The van der Waals surface area contributed by atoms with E-state index in [1.54, 1.807) is 12.1 Å². The summed E-state index contributed by atoms with van der Waals surface area (Å²) >= 11 is 1.40. The smallest absolute Gasteiger partial charge is 0.266 e. The molecule has 28 heavy (non-hydrogen) atoms. The second kappa shape index (κ2) is 7.07. The van der Waals surface area contributed by atoms with Crippen LogP contribution in [0.15, 0.2) is 40.5 Å². The van der Waals surface area contributed by atoms with Gasteiger partial charge in [0, 0.05) is 28.6 Å². The Balaban J connectivity index is 1.99. The van der Waals surface area contributed by atoms with Gasteiger partial charge >= 0.3 is 0 Å². The van der Waals surface area contributed by atoms with Gasteiger partial charge in [0.25, 0.3) is 5.56 Å². The minimum Gasteiger partial charge on any atom is -0.330 e. The molecular formula is C21H19F2N3OS. The summed E-state index contributed by atoms with van der Waals surface area (Å²) in [7, 11) is 0. The van der Waals surface area contributed by atoms with Gasteiger partial charge in [0.2, 0.25) is 6.43 Å². The van der Waals surface area contributed by atoms with Gasteiger partial charge in [-0.05, 0) is 36.4 Å². The molecule has 4 rings (SSSR count). The van der Waals surface area contributed by atoms with Crippen LogP contribution in [0.25, 0.3) is 32.1 Å². The highest BCUT2D eigenvalue weighted by atomic mass is 32.1. The molecule has 3 heterocycles. The number of aromatic nitrogens is 2. The van der Waals surface area contributed by atoms with E-state index in [-0.39, 0.29) is 12.1 Å². The number of rotatable bonds is 4. The lowest BCUT2D eigenvalue weighted by Gasteiger charge is -2.16. The summed E-state index contributed by atoms with van der Waals surface area (Å²) in [6.45, 7) is 3.67. The van der Waals surface area contributed by atoms with Crippen LogP contribution in [0.5, 0.6) is 0 Å². The molecule has 7 heteroatoms. The molecule has 0 saturated carbocycles. The Bertz CT molecular complexity index is 1230. The zero-order chi connectivity index (χ0) is 20.0. The van der Waals surface area contributed by atoms with Gasteiger partial charge < -0.3 is 10.7 Å². The lowest BCUT2D eigenvalue weighted by atomic mass is 9.93. The lowest BCUT2D eigenvalue weighted by molar-refractivity contribution is 0.117. The summed E-state index contributed by atoms with van der Waals surface area (Å²) in [6.07, 6.45) is -2.50. The lowest BCUT2D eigenvalue weighted by Crippen LogP contribution is -2.19. The van der Waals surface area contributed by atoms with Gasteiger partial charge in [-0.25, -0.2) is 8.78 Å². The molecule has 0 amide bonds. The van der Waals surface area contributed by atoms with Crippen molar-refractivity contribution in [2.24, 2.45) is 5.73 Å². The van der Waals surface area contributed by atoms with Crippen LogP contribution in [-0.4, -0.2) is 22.9 Å². The molecule has 0 unspecified atom stereocenters. The van der Waals surface area contributed by atoms with Crippen LogP contribution in [0.1, 0.15) is 22.9 Å². The SMILES string of the molecule is Cc1nc(C)c2[nH]c(=O)c3sccc3c2c1-c1ccc([C@H](CN)C(F)F)cc1. The molecule has 144 valence electrons. The van der Waals surface area contributed by atoms with Crippen LogP contribution in [0.2, 0.25) is 0 Å². The van der Waals surface area contributed by atoms with Crippen molar-refractivity contribution in [3.05, 3.63) is 63.0 Å². The van der Waals surface area contributed by atoms with Crippen LogP contribution in [0.4, 0.5) is 8.78 Å². The normalized spacial score (nSPS) is 12.9. The van der Waals surface area contributed by atoms with E-state index >= 15 is 0 Å². The maximum absolute atomic E-state index is 13.2. The topological polar surface area (TPSA) is 71.8 Å². The molecule has 3 N–H and O–H groups in total. The first-order chi connectivity index (χ1) is 13.4. The Hall–Kier alpha value is -2.64. The van der Waals surface area contributed by atoms with Crippen molar-refractivity contribution in [3.63, 3.8) is 0 Å². The molecule has 1 atom stereocenters. The molecule has 1 aromatic carbocycles. The number of fused-ring (bicyclic) bond motifs is 3. The van der Waals surface area contributed by atoms with Crippen LogP contribution >= 0.6 is 11.3 Å². The van der Waals surface area contributed by atoms with E-state index in [4.69, 9.17) is 5.73 Å². The zero-order valence-corrected chi connectivity index (χ0v) is 16.2. The summed E-state index contributed by atoms with van der Waals surface area (Å²) in [5.41, 5.74) is 9.93. The fourth-order valence-corrected chi connectivity index (χ4v) is 4.55. The average molecular weight is 399 g/mol. The van der Waals surface area contributed by atoms with Crippen molar-refractivity contribution >= 4 is 32.3 Å². The molecular weight excluding hydrogens is 380 g/mol. The first-order valence-electron chi connectivity index (χ1n) is 8.91. The summed E-state index contributed by atoms with van der Waals surface area (Å²) < 4.78 is 27.0. The first-order valence-corrected chi connectivity index (χ1v) is 9.79. The van der Waals surface area contributed by atoms with E-state index in [0.29, 0.717) is 15.8 Å². The van der Waals surface area contributed by atoms with Crippen LogP contribution < -0.4 is 11.3 Å². The third-order valence-electron chi connectivity index (χ3n) is 5.12. The number of H-pyrrole nitrogens is 1. The van der Waals surface area contributed by atoms with E-state index < -0.39 is 12.3 Å². The largest absolute Gasteiger partial charge is 0.330 e. The van der Waals surface area contributed by atoms with Gasteiger partial charge in [-0.3, -0.25) is 9.78 Å². The van der Waals surface area contributed by atoms with Crippen molar-refractivity contribution < 1.29 is 8.78 Å². The number of aryl methyl sites for hydroxylation is 2. The van der Waals surface area contributed by atoms with E-state index in [9.17, 15) is 13.6 Å². The van der Waals surface area contributed by atoms with E-state index in [0.717, 1.165) is 33.3 Å². The molecule has 3 aromatic heterocycles. The molecule has 0 saturated heterocycles. The molecule has 0 spiro atoms. The number of benzene rings is 1. The summed E-state index contributed by atoms with van der Waals surface area (Å²) in [6, 6.07) is 8.97. The minimum atomic E-state index is -2.50. The molecule has 0 aliphatic heterocycles. The van der Waals surface area contributed by atoms with Crippen LogP contribution in [0.3, 0.4) is 0 Å². The maximum atomic E-state index is 13.2. The Morgan fingerprint density at radius 1 is 1.14 bits per heavy atom. The fourth-order valence-electron chi connectivity index (χ4n) is 3.76. The Kier molecular flexibility index (Phi) is 4.72.